The van der Waals surface area contributed by atoms with Gasteiger partial charge in [0.2, 0.25) is 5.91 Å². The van der Waals surface area contributed by atoms with Crippen LogP contribution in [0.2, 0.25) is 0 Å². The van der Waals surface area contributed by atoms with Gasteiger partial charge in [-0.1, -0.05) is 0 Å². The molecule has 2 saturated heterocycles. The molecule has 0 spiro atoms. The summed E-state index contributed by atoms with van der Waals surface area (Å²) in [4.78, 5) is 35.6. The molecule has 3 aliphatic rings. The Kier molecular flexibility index (Phi) is 3.23. The van der Waals surface area contributed by atoms with Gasteiger partial charge < -0.3 is 15.0 Å². The number of nitrogens with zero attached hydrogens (tertiary/aromatic N) is 3. The fourth-order valence-corrected chi connectivity index (χ4v) is 4.14. The number of carboxylic acids is 1. The molecule has 3 heterocycles. The normalized spacial score (nSPS) is 30.7. The summed E-state index contributed by atoms with van der Waals surface area (Å²) in [5.74, 6) is 0.441. The van der Waals surface area contributed by atoms with E-state index in [1.54, 1.807) is 11.1 Å². The number of hydrogen-bond acceptors (Lipinski definition) is 4. The summed E-state index contributed by atoms with van der Waals surface area (Å²) < 4.78 is 0. The zero-order valence-corrected chi connectivity index (χ0v) is 13.3. The molecule has 7 heteroatoms. The molecule has 23 heavy (non-hydrogen) atoms. The maximum absolute atomic E-state index is 12.3. The van der Waals surface area contributed by atoms with Crippen LogP contribution in [0.25, 0.3) is 0 Å². The summed E-state index contributed by atoms with van der Waals surface area (Å²) in [5.41, 5.74) is 0.202. The second-order valence-corrected chi connectivity index (χ2v) is 7.31. The van der Waals surface area contributed by atoms with Gasteiger partial charge in [-0.25, -0.2) is 4.98 Å². The van der Waals surface area contributed by atoms with Gasteiger partial charge in [0, 0.05) is 56.5 Å². The zero-order valence-electron chi connectivity index (χ0n) is 13.3. The number of rotatable bonds is 4. The Morgan fingerprint density at radius 2 is 2.17 bits per heavy atom. The molecular weight excluding hydrogens is 296 g/mol. The third-order valence-electron chi connectivity index (χ3n) is 5.49. The number of carbonyl (C=O) groups excluding carboxylic acids is 1. The largest absolute Gasteiger partial charge is 0.481 e. The number of aromatic amines is 1. The van der Waals surface area contributed by atoms with Gasteiger partial charge in [0.1, 0.15) is 11.2 Å². The van der Waals surface area contributed by atoms with E-state index in [1.807, 2.05) is 6.92 Å². The number of H-pyrrole nitrogens is 1. The molecule has 1 amide bonds. The topological polar surface area (TPSA) is 89.5 Å². The molecule has 1 aromatic heterocycles. The van der Waals surface area contributed by atoms with Gasteiger partial charge in [-0.15, -0.1) is 0 Å². The van der Waals surface area contributed by atoms with Crippen LogP contribution >= 0.6 is 0 Å². The predicted octanol–water partition coefficient (Wildman–Crippen LogP) is 0.473. The molecule has 1 saturated carbocycles. The first-order valence-corrected chi connectivity index (χ1v) is 8.23. The molecule has 124 valence electrons. The average Bonchev–Trinajstić information content (AvgIpc) is 3.04. The van der Waals surface area contributed by atoms with E-state index in [2.05, 4.69) is 14.9 Å². The van der Waals surface area contributed by atoms with Gasteiger partial charge in [-0.05, 0) is 19.8 Å². The molecule has 7 nitrogen and oxygen atoms in total. The molecule has 2 aliphatic heterocycles. The Morgan fingerprint density at radius 1 is 1.39 bits per heavy atom. The second-order valence-electron chi connectivity index (χ2n) is 7.31. The maximum Gasteiger partial charge on any atom is 0.313 e. The number of likely N-dealkylation sites (tertiary alicyclic amines) is 2. The highest BCUT2D eigenvalue weighted by atomic mass is 16.4. The minimum atomic E-state index is -0.806. The SMILES string of the molecule is Cc1ncc(CN2C[C@H]3CN(C(=O)C4CC4)C[C@@]3(C(=O)O)C2)[nH]1. The lowest BCUT2D eigenvalue weighted by Crippen LogP contribution is -2.42. The summed E-state index contributed by atoms with van der Waals surface area (Å²) in [5, 5.41) is 9.83. The van der Waals surface area contributed by atoms with E-state index in [1.165, 1.54) is 0 Å². The summed E-state index contributed by atoms with van der Waals surface area (Å²) in [6.45, 7) is 4.75. The summed E-state index contributed by atoms with van der Waals surface area (Å²) >= 11 is 0. The molecular formula is C16H22N4O3. The van der Waals surface area contributed by atoms with Crippen LogP contribution in [0.15, 0.2) is 6.20 Å². The Hall–Kier alpha value is -1.89. The lowest BCUT2D eigenvalue weighted by atomic mass is 9.81. The first-order valence-electron chi connectivity index (χ1n) is 8.23. The average molecular weight is 318 g/mol. The Bertz CT molecular complexity index is 654. The van der Waals surface area contributed by atoms with Gasteiger partial charge in [-0.2, -0.15) is 0 Å². The first kappa shape index (κ1) is 14.7. The predicted molar refractivity (Wildman–Crippen MR) is 81.5 cm³/mol. The number of aromatic nitrogens is 2. The third kappa shape index (κ3) is 2.43. The van der Waals surface area contributed by atoms with Crippen LogP contribution < -0.4 is 0 Å². The van der Waals surface area contributed by atoms with Gasteiger partial charge in [-0.3, -0.25) is 14.5 Å². The van der Waals surface area contributed by atoms with Crippen molar-refractivity contribution in [3.63, 3.8) is 0 Å². The van der Waals surface area contributed by atoms with Crippen LogP contribution in [0.4, 0.5) is 0 Å². The van der Waals surface area contributed by atoms with E-state index < -0.39 is 11.4 Å². The number of imidazole rings is 1. The molecule has 0 aromatic carbocycles. The molecule has 0 bridgehead atoms. The van der Waals surface area contributed by atoms with E-state index in [0.717, 1.165) is 30.9 Å². The number of nitrogens with one attached hydrogen (secondary N) is 1. The summed E-state index contributed by atoms with van der Waals surface area (Å²) in [7, 11) is 0. The van der Waals surface area contributed by atoms with E-state index >= 15 is 0 Å². The van der Waals surface area contributed by atoms with E-state index in [4.69, 9.17) is 0 Å². The van der Waals surface area contributed by atoms with E-state index in [9.17, 15) is 14.7 Å². The van der Waals surface area contributed by atoms with Gasteiger partial charge in [0.15, 0.2) is 0 Å². The Labute approximate surface area is 134 Å². The smallest absolute Gasteiger partial charge is 0.313 e. The van der Waals surface area contributed by atoms with Crippen LogP contribution in [0.3, 0.4) is 0 Å². The van der Waals surface area contributed by atoms with Crippen molar-refractivity contribution in [2.45, 2.75) is 26.3 Å². The third-order valence-corrected chi connectivity index (χ3v) is 5.49. The highest BCUT2D eigenvalue weighted by Gasteiger charge is 2.59. The fourth-order valence-electron chi connectivity index (χ4n) is 4.14. The minimum Gasteiger partial charge on any atom is -0.481 e. The highest BCUT2D eigenvalue weighted by molar-refractivity contribution is 5.84. The van der Waals surface area contributed by atoms with Crippen LogP contribution in [0.1, 0.15) is 24.4 Å². The lowest BCUT2D eigenvalue weighted by molar-refractivity contribution is -0.149. The Morgan fingerprint density at radius 3 is 2.74 bits per heavy atom. The van der Waals surface area contributed by atoms with Gasteiger partial charge >= 0.3 is 5.97 Å². The maximum atomic E-state index is 12.3. The molecule has 2 atom stereocenters. The number of carbonyl (C=O) groups is 2. The quantitative estimate of drug-likeness (QED) is 0.842. The van der Waals surface area contributed by atoms with Crippen molar-refractivity contribution in [2.24, 2.45) is 17.3 Å². The molecule has 3 fully saturated rings. The van der Waals surface area contributed by atoms with Crippen molar-refractivity contribution in [3.8, 4) is 0 Å². The van der Waals surface area contributed by atoms with Crippen molar-refractivity contribution in [3.05, 3.63) is 17.7 Å². The monoisotopic (exact) mass is 318 g/mol. The molecule has 0 radical (unpaired) electrons. The molecule has 4 rings (SSSR count). The molecule has 2 N–H and O–H groups in total. The van der Waals surface area contributed by atoms with Crippen molar-refractivity contribution in [1.29, 1.82) is 0 Å². The van der Waals surface area contributed by atoms with Crippen LogP contribution in [-0.4, -0.2) is 62.9 Å². The van der Waals surface area contributed by atoms with Gasteiger partial charge in [0.25, 0.3) is 0 Å². The number of amides is 1. The summed E-state index contributed by atoms with van der Waals surface area (Å²) in [6.07, 6.45) is 3.73. The van der Waals surface area contributed by atoms with Crippen LogP contribution in [0.5, 0.6) is 0 Å². The van der Waals surface area contributed by atoms with Crippen molar-refractivity contribution >= 4 is 11.9 Å². The Balaban J connectivity index is 1.48. The minimum absolute atomic E-state index is 0.0201. The number of hydrogen-bond donors (Lipinski definition) is 2. The fraction of sp³-hybridized carbons (Fsp3) is 0.688. The lowest BCUT2D eigenvalue weighted by Gasteiger charge is -2.25. The van der Waals surface area contributed by atoms with E-state index in [-0.39, 0.29) is 17.7 Å². The standard InChI is InChI=1S/C16H22N4O3/c1-10-17-4-13(18-10)7-19-5-12-6-20(14(21)11-2-3-11)9-16(12,8-19)15(22)23/h4,11-12H,2-3,5-9H2,1H3,(H,17,18)(H,22,23)/t12-,16-/m0/s1. The number of aryl methyl sites for hydroxylation is 1. The highest BCUT2D eigenvalue weighted by Crippen LogP contribution is 2.45. The van der Waals surface area contributed by atoms with Crippen molar-refractivity contribution in [1.82, 2.24) is 19.8 Å². The first-order chi connectivity index (χ1) is 11.0. The van der Waals surface area contributed by atoms with Crippen molar-refractivity contribution in [2.75, 3.05) is 26.2 Å². The van der Waals surface area contributed by atoms with Crippen LogP contribution in [-0.2, 0) is 16.1 Å². The van der Waals surface area contributed by atoms with Crippen molar-refractivity contribution < 1.29 is 14.7 Å². The molecule has 1 aromatic rings. The van der Waals surface area contributed by atoms with E-state index in [0.29, 0.717) is 26.2 Å². The number of fused-ring (bicyclic) bond motifs is 1. The zero-order chi connectivity index (χ0) is 16.2. The summed E-state index contributed by atoms with van der Waals surface area (Å²) in [6, 6.07) is 0. The van der Waals surface area contributed by atoms with Crippen LogP contribution in [0, 0.1) is 24.2 Å². The molecule has 0 unspecified atom stereocenters. The number of aliphatic carboxylic acids is 1. The van der Waals surface area contributed by atoms with Gasteiger partial charge in [0.05, 0.1) is 0 Å². The number of carboxylic acid groups (broad SMARTS) is 1. The second kappa shape index (κ2) is 5.06. The molecule has 1 aliphatic carbocycles.